The molecule has 26 heavy (non-hydrogen) atoms. The molecule has 0 saturated carbocycles. The zero-order valence-corrected chi connectivity index (χ0v) is 16.1. The maximum absolute atomic E-state index is 13.3. The number of ketones is 1. The van der Waals surface area contributed by atoms with E-state index in [1.165, 1.54) is 4.57 Å². The Morgan fingerprint density at radius 1 is 1.12 bits per heavy atom. The minimum absolute atomic E-state index is 0.180. The van der Waals surface area contributed by atoms with Crippen LogP contribution in [0.25, 0.3) is 0 Å². The summed E-state index contributed by atoms with van der Waals surface area (Å²) in [5.74, 6) is -0.487. The zero-order chi connectivity index (χ0) is 19.4. The number of nitrogens with zero attached hydrogens (tertiary/aromatic N) is 1. The summed E-state index contributed by atoms with van der Waals surface area (Å²) in [7, 11) is 0. The van der Waals surface area contributed by atoms with Gasteiger partial charge in [0.15, 0.2) is 0 Å². The van der Waals surface area contributed by atoms with Gasteiger partial charge in [0, 0.05) is 17.7 Å². The van der Waals surface area contributed by atoms with E-state index in [1.807, 2.05) is 52.8 Å². The fraction of sp³-hybridized carbons (Fsp3) is 0.381. The molecule has 5 heteroatoms. The second-order valence-corrected chi connectivity index (χ2v) is 6.87. The topological polar surface area (TPSA) is 71.9 Å². The molecule has 0 aliphatic rings. The zero-order valence-electron chi connectivity index (χ0n) is 16.1. The Bertz CT molecular complexity index is 942. The van der Waals surface area contributed by atoms with Crippen molar-refractivity contribution < 1.29 is 4.79 Å². The Kier molecular flexibility index (Phi) is 6.14. The van der Waals surface area contributed by atoms with Crippen LogP contribution in [0.15, 0.2) is 39.9 Å². The molecule has 0 aliphatic carbocycles. The smallest absolute Gasteiger partial charge is 0.287 e. The molecule has 1 heterocycles. The van der Waals surface area contributed by atoms with Gasteiger partial charge < -0.3 is 0 Å². The van der Waals surface area contributed by atoms with E-state index in [2.05, 4.69) is 4.98 Å². The van der Waals surface area contributed by atoms with Crippen molar-refractivity contribution in [2.75, 3.05) is 0 Å². The Morgan fingerprint density at radius 3 is 2.27 bits per heavy atom. The molecule has 0 radical (unpaired) electrons. The van der Waals surface area contributed by atoms with Crippen molar-refractivity contribution in [2.45, 2.75) is 53.5 Å². The van der Waals surface area contributed by atoms with E-state index in [-0.39, 0.29) is 23.9 Å². The summed E-state index contributed by atoms with van der Waals surface area (Å²) >= 11 is 0. The number of carbonyl (C=O) groups excluding carboxylic acids is 1. The van der Waals surface area contributed by atoms with Gasteiger partial charge in [-0.05, 0) is 38.3 Å². The van der Waals surface area contributed by atoms with Crippen LogP contribution < -0.4 is 11.2 Å². The van der Waals surface area contributed by atoms with Crippen molar-refractivity contribution in [3.8, 4) is 0 Å². The maximum Gasteiger partial charge on any atom is 0.329 e. The lowest BCUT2D eigenvalue weighted by molar-refractivity contribution is 0.102. The van der Waals surface area contributed by atoms with Gasteiger partial charge in [-0.3, -0.25) is 19.1 Å². The SMILES string of the molecule is CC/C=C/Cn1c(C(=O)c2cc(C)cc(C)c2)c(C(C)C)c(=O)[nH]c1=O. The van der Waals surface area contributed by atoms with Crippen LogP contribution in [-0.4, -0.2) is 15.3 Å². The fourth-order valence-electron chi connectivity index (χ4n) is 3.13. The third-order valence-electron chi connectivity index (χ3n) is 4.20. The summed E-state index contributed by atoms with van der Waals surface area (Å²) < 4.78 is 1.36. The van der Waals surface area contributed by atoms with Crippen molar-refractivity contribution >= 4 is 5.78 Å². The number of nitrogens with one attached hydrogen (secondary N) is 1. The first-order valence-electron chi connectivity index (χ1n) is 8.91. The van der Waals surface area contributed by atoms with Crippen LogP contribution in [0.1, 0.15) is 65.9 Å². The van der Waals surface area contributed by atoms with Crippen LogP contribution in [0.3, 0.4) is 0 Å². The molecule has 0 atom stereocenters. The molecule has 5 nitrogen and oxygen atoms in total. The largest absolute Gasteiger partial charge is 0.329 e. The predicted molar refractivity (Wildman–Crippen MR) is 104 cm³/mol. The van der Waals surface area contributed by atoms with Crippen LogP contribution in [0.5, 0.6) is 0 Å². The lowest BCUT2D eigenvalue weighted by Crippen LogP contribution is -2.37. The predicted octanol–water partition coefficient (Wildman–Crippen LogP) is 3.47. The van der Waals surface area contributed by atoms with Crippen LogP contribution in [0.4, 0.5) is 0 Å². The maximum atomic E-state index is 13.3. The van der Waals surface area contributed by atoms with Crippen LogP contribution >= 0.6 is 0 Å². The number of hydrogen-bond donors (Lipinski definition) is 1. The molecule has 138 valence electrons. The van der Waals surface area contributed by atoms with Gasteiger partial charge in [0.2, 0.25) is 5.78 Å². The monoisotopic (exact) mass is 354 g/mol. The Labute approximate surface area is 153 Å². The van der Waals surface area contributed by atoms with Crippen molar-refractivity contribution in [3.05, 3.63) is 79.1 Å². The van der Waals surface area contributed by atoms with E-state index < -0.39 is 11.2 Å². The van der Waals surface area contributed by atoms with Crippen LogP contribution in [0.2, 0.25) is 0 Å². The minimum Gasteiger partial charge on any atom is -0.287 e. The number of benzene rings is 1. The number of aromatic amines is 1. The minimum atomic E-state index is -0.562. The molecule has 2 rings (SSSR count). The van der Waals surface area contributed by atoms with Gasteiger partial charge in [0.1, 0.15) is 5.69 Å². The average Bonchev–Trinajstić information content (AvgIpc) is 2.54. The van der Waals surface area contributed by atoms with Gasteiger partial charge in [0.05, 0.1) is 0 Å². The molecule has 1 N–H and O–H groups in total. The fourth-order valence-corrected chi connectivity index (χ4v) is 3.13. The van der Waals surface area contributed by atoms with E-state index in [1.54, 1.807) is 12.1 Å². The van der Waals surface area contributed by atoms with E-state index >= 15 is 0 Å². The number of H-pyrrole nitrogens is 1. The molecule has 0 spiro atoms. The molecular formula is C21H26N2O3. The van der Waals surface area contributed by atoms with Gasteiger partial charge in [-0.2, -0.15) is 0 Å². The number of allylic oxidation sites excluding steroid dienone is 2. The van der Waals surface area contributed by atoms with E-state index in [9.17, 15) is 14.4 Å². The van der Waals surface area contributed by atoms with Crippen LogP contribution in [-0.2, 0) is 6.54 Å². The Balaban J connectivity index is 2.77. The summed E-state index contributed by atoms with van der Waals surface area (Å²) in [5.41, 5.74) is 1.88. The highest BCUT2D eigenvalue weighted by atomic mass is 16.2. The second-order valence-electron chi connectivity index (χ2n) is 6.87. The summed E-state index contributed by atoms with van der Waals surface area (Å²) in [5, 5.41) is 0. The molecule has 0 aliphatic heterocycles. The number of rotatable bonds is 6. The summed E-state index contributed by atoms with van der Waals surface area (Å²) in [6.07, 6.45) is 4.59. The Morgan fingerprint density at radius 2 is 1.73 bits per heavy atom. The van der Waals surface area contributed by atoms with Crippen molar-refractivity contribution in [1.82, 2.24) is 9.55 Å². The average molecular weight is 354 g/mol. The molecular weight excluding hydrogens is 328 g/mol. The molecule has 1 aromatic heterocycles. The number of carbonyl (C=O) groups is 1. The van der Waals surface area contributed by atoms with Gasteiger partial charge >= 0.3 is 5.69 Å². The molecule has 0 amide bonds. The summed E-state index contributed by atoms with van der Waals surface area (Å²) in [6, 6.07) is 5.56. The highest BCUT2D eigenvalue weighted by Crippen LogP contribution is 2.19. The van der Waals surface area contributed by atoms with E-state index in [0.29, 0.717) is 11.1 Å². The molecule has 1 aromatic carbocycles. The van der Waals surface area contributed by atoms with Gasteiger partial charge in [-0.1, -0.05) is 50.1 Å². The quantitative estimate of drug-likeness (QED) is 0.638. The Hall–Kier alpha value is -2.69. The van der Waals surface area contributed by atoms with Gasteiger partial charge in [-0.25, -0.2) is 4.79 Å². The first kappa shape index (κ1) is 19.6. The number of aromatic nitrogens is 2. The second kappa shape index (κ2) is 8.13. The number of aryl methyl sites for hydroxylation is 2. The number of hydrogen-bond acceptors (Lipinski definition) is 3. The third kappa shape index (κ3) is 4.10. The lowest BCUT2D eigenvalue weighted by atomic mass is 9.95. The summed E-state index contributed by atoms with van der Waals surface area (Å²) in [4.78, 5) is 40.5. The van der Waals surface area contributed by atoms with E-state index in [0.717, 1.165) is 17.5 Å². The standard InChI is InChI=1S/C21H26N2O3/c1-6-7-8-9-23-18(17(13(2)3)20(25)22-21(23)26)19(24)16-11-14(4)10-15(5)12-16/h7-8,10-13H,6,9H2,1-5H3,(H,22,25,26)/b8-7+. The summed E-state index contributed by atoms with van der Waals surface area (Å²) in [6.45, 7) is 9.77. The first-order chi connectivity index (χ1) is 12.3. The first-order valence-corrected chi connectivity index (χ1v) is 8.91. The van der Waals surface area contributed by atoms with Crippen molar-refractivity contribution in [2.24, 2.45) is 0 Å². The lowest BCUT2D eigenvalue weighted by Gasteiger charge is -2.17. The van der Waals surface area contributed by atoms with E-state index in [4.69, 9.17) is 0 Å². The van der Waals surface area contributed by atoms with Gasteiger partial charge in [0.25, 0.3) is 5.56 Å². The van der Waals surface area contributed by atoms with Gasteiger partial charge in [-0.15, -0.1) is 0 Å². The molecule has 0 bridgehead atoms. The third-order valence-corrected chi connectivity index (χ3v) is 4.20. The van der Waals surface area contributed by atoms with Crippen molar-refractivity contribution in [1.29, 1.82) is 0 Å². The molecule has 0 unspecified atom stereocenters. The van der Waals surface area contributed by atoms with Crippen molar-refractivity contribution in [3.63, 3.8) is 0 Å². The highest BCUT2D eigenvalue weighted by molar-refractivity contribution is 6.09. The highest BCUT2D eigenvalue weighted by Gasteiger charge is 2.24. The molecule has 2 aromatic rings. The molecule has 0 fully saturated rings. The van der Waals surface area contributed by atoms with Crippen LogP contribution in [0, 0.1) is 13.8 Å². The molecule has 0 saturated heterocycles. The normalized spacial score (nSPS) is 11.5.